The molecule has 2 atom stereocenters. The van der Waals surface area contributed by atoms with Crippen LogP contribution in [0.4, 0.5) is 0 Å². The molecular weight excluding hydrogens is 412 g/mol. The largest absolute Gasteiger partial charge is 0.508 e. The molecule has 0 aliphatic heterocycles. The van der Waals surface area contributed by atoms with E-state index in [1.807, 2.05) is 0 Å². The number of benzene rings is 3. The number of phenols is 2. The number of hydrogen-bond donors (Lipinski definition) is 5. The topological polar surface area (TPSA) is 142 Å². The van der Waals surface area contributed by atoms with Crippen molar-refractivity contribution in [3.05, 3.63) is 83.9 Å². The summed E-state index contributed by atoms with van der Waals surface area (Å²) < 4.78 is 5.68. The zero-order valence-corrected chi connectivity index (χ0v) is 17.1. The number of carbonyl (C=O) groups excluding carboxylic acids is 1. The van der Waals surface area contributed by atoms with Crippen LogP contribution in [0.2, 0.25) is 0 Å². The van der Waals surface area contributed by atoms with Gasteiger partial charge in [0.25, 0.3) is 0 Å². The van der Waals surface area contributed by atoms with Crippen molar-refractivity contribution in [1.82, 2.24) is 5.32 Å². The molecular formula is C24H24N2O6. The molecule has 32 heavy (non-hydrogen) atoms. The van der Waals surface area contributed by atoms with Crippen LogP contribution in [-0.2, 0) is 22.4 Å². The second kappa shape index (κ2) is 10.3. The normalized spacial score (nSPS) is 12.5. The van der Waals surface area contributed by atoms with Gasteiger partial charge in [0, 0.05) is 6.42 Å². The van der Waals surface area contributed by atoms with Gasteiger partial charge in [0.1, 0.15) is 29.0 Å². The van der Waals surface area contributed by atoms with Crippen molar-refractivity contribution in [3.8, 4) is 23.0 Å². The van der Waals surface area contributed by atoms with Gasteiger partial charge in [0.15, 0.2) is 0 Å². The van der Waals surface area contributed by atoms with Crippen molar-refractivity contribution in [2.45, 2.75) is 24.9 Å². The average molecular weight is 436 g/mol. The Balaban J connectivity index is 1.55. The van der Waals surface area contributed by atoms with Gasteiger partial charge in [-0.2, -0.15) is 0 Å². The summed E-state index contributed by atoms with van der Waals surface area (Å²) in [5.74, 6) is -0.369. The molecule has 0 radical (unpaired) electrons. The highest BCUT2D eigenvalue weighted by atomic mass is 16.5. The zero-order valence-electron chi connectivity index (χ0n) is 17.1. The first-order chi connectivity index (χ1) is 15.3. The molecule has 8 nitrogen and oxygen atoms in total. The number of ether oxygens (including phenoxy) is 1. The fourth-order valence-corrected chi connectivity index (χ4v) is 3.04. The summed E-state index contributed by atoms with van der Waals surface area (Å²) in [6, 6.07) is 17.4. The number of carbonyl (C=O) groups is 2. The minimum absolute atomic E-state index is 0.0668. The highest BCUT2D eigenvalue weighted by Crippen LogP contribution is 2.23. The van der Waals surface area contributed by atoms with Crippen molar-refractivity contribution in [2.24, 2.45) is 5.73 Å². The van der Waals surface area contributed by atoms with E-state index in [0.717, 1.165) is 5.56 Å². The van der Waals surface area contributed by atoms with E-state index in [9.17, 15) is 24.9 Å². The number of aromatic hydroxyl groups is 2. The van der Waals surface area contributed by atoms with Crippen LogP contribution in [-0.4, -0.2) is 39.3 Å². The molecule has 1 amide bonds. The highest BCUT2D eigenvalue weighted by Gasteiger charge is 2.24. The Bertz CT molecular complexity index is 1050. The third-order valence-corrected chi connectivity index (χ3v) is 4.78. The first-order valence-electron chi connectivity index (χ1n) is 9.92. The fourth-order valence-electron chi connectivity index (χ4n) is 3.04. The van der Waals surface area contributed by atoms with E-state index in [1.165, 1.54) is 24.3 Å². The Hall–Kier alpha value is -4.04. The number of carboxylic acids is 1. The van der Waals surface area contributed by atoms with E-state index in [0.29, 0.717) is 17.1 Å². The Morgan fingerprint density at radius 1 is 0.781 bits per heavy atom. The monoisotopic (exact) mass is 436 g/mol. The molecule has 0 bridgehead atoms. The number of carboxylic acid groups (broad SMARTS) is 1. The molecule has 3 rings (SSSR count). The zero-order chi connectivity index (χ0) is 23.1. The van der Waals surface area contributed by atoms with Gasteiger partial charge >= 0.3 is 5.97 Å². The molecule has 0 heterocycles. The average Bonchev–Trinajstić information content (AvgIpc) is 2.77. The summed E-state index contributed by atoms with van der Waals surface area (Å²) in [5.41, 5.74) is 7.44. The van der Waals surface area contributed by atoms with Gasteiger partial charge in [-0.05, 0) is 66.1 Å². The molecule has 6 N–H and O–H groups in total. The number of hydrogen-bond acceptors (Lipinski definition) is 6. The smallest absolute Gasteiger partial charge is 0.326 e. The Morgan fingerprint density at radius 2 is 1.22 bits per heavy atom. The number of amides is 1. The Kier molecular flexibility index (Phi) is 7.30. The van der Waals surface area contributed by atoms with Crippen molar-refractivity contribution < 1.29 is 29.6 Å². The summed E-state index contributed by atoms with van der Waals surface area (Å²) in [6.45, 7) is 0. The van der Waals surface area contributed by atoms with Gasteiger partial charge in [0.2, 0.25) is 5.91 Å². The second-order valence-corrected chi connectivity index (χ2v) is 7.32. The number of phenolic OH excluding ortho intramolecular Hbond substituents is 2. The molecule has 0 aliphatic carbocycles. The molecule has 0 saturated carbocycles. The van der Waals surface area contributed by atoms with E-state index >= 15 is 0 Å². The summed E-state index contributed by atoms with van der Waals surface area (Å²) in [7, 11) is 0. The molecule has 3 aromatic carbocycles. The maximum Gasteiger partial charge on any atom is 0.326 e. The van der Waals surface area contributed by atoms with Gasteiger partial charge in [-0.1, -0.05) is 24.3 Å². The maximum absolute atomic E-state index is 12.5. The maximum atomic E-state index is 12.5. The summed E-state index contributed by atoms with van der Waals surface area (Å²) in [4.78, 5) is 24.0. The second-order valence-electron chi connectivity index (χ2n) is 7.32. The van der Waals surface area contributed by atoms with Crippen LogP contribution in [0.3, 0.4) is 0 Å². The summed E-state index contributed by atoms with van der Waals surface area (Å²) in [6.07, 6.45) is 0.286. The minimum Gasteiger partial charge on any atom is -0.508 e. The molecule has 166 valence electrons. The third-order valence-electron chi connectivity index (χ3n) is 4.78. The fraction of sp³-hybridized carbons (Fsp3) is 0.167. The van der Waals surface area contributed by atoms with E-state index in [-0.39, 0.29) is 24.3 Å². The first-order valence-corrected chi connectivity index (χ1v) is 9.92. The molecule has 3 aromatic rings. The van der Waals surface area contributed by atoms with Gasteiger partial charge in [-0.3, -0.25) is 4.79 Å². The molecule has 0 fully saturated rings. The van der Waals surface area contributed by atoms with E-state index in [2.05, 4.69) is 5.32 Å². The van der Waals surface area contributed by atoms with Crippen molar-refractivity contribution in [3.63, 3.8) is 0 Å². The van der Waals surface area contributed by atoms with Crippen LogP contribution < -0.4 is 15.8 Å². The standard InChI is InChI=1S/C24H24N2O6/c25-21(23(29)26-22(24(30)31)14-16-1-5-17(27)6-2-16)13-15-3-9-19(10-4-15)32-20-11-7-18(28)8-12-20/h1-12,21-22,27-28H,13-14,25H2,(H,26,29)(H,30,31)/t21-,22-/m0/s1. The Morgan fingerprint density at radius 3 is 1.75 bits per heavy atom. The number of nitrogens with two attached hydrogens (primary N) is 1. The summed E-state index contributed by atoms with van der Waals surface area (Å²) >= 11 is 0. The van der Waals surface area contributed by atoms with Gasteiger partial charge < -0.3 is 31.1 Å². The van der Waals surface area contributed by atoms with E-state index in [1.54, 1.807) is 48.5 Å². The quantitative estimate of drug-likeness (QED) is 0.347. The van der Waals surface area contributed by atoms with Crippen molar-refractivity contribution >= 4 is 11.9 Å². The van der Waals surface area contributed by atoms with Gasteiger partial charge in [-0.25, -0.2) is 4.79 Å². The highest BCUT2D eigenvalue weighted by molar-refractivity contribution is 5.87. The third kappa shape index (κ3) is 6.48. The lowest BCUT2D eigenvalue weighted by Crippen LogP contribution is -2.50. The molecule has 0 aromatic heterocycles. The van der Waals surface area contributed by atoms with Gasteiger partial charge in [0.05, 0.1) is 6.04 Å². The van der Waals surface area contributed by atoms with Crippen LogP contribution in [0.1, 0.15) is 11.1 Å². The predicted molar refractivity (Wildman–Crippen MR) is 118 cm³/mol. The molecule has 0 saturated heterocycles. The molecule has 0 aliphatic rings. The Labute approximate surface area is 184 Å². The lowest BCUT2D eigenvalue weighted by molar-refractivity contribution is -0.141. The van der Waals surface area contributed by atoms with Crippen LogP contribution in [0.5, 0.6) is 23.0 Å². The van der Waals surface area contributed by atoms with Crippen molar-refractivity contribution in [2.75, 3.05) is 0 Å². The number of aliphatic carboxylic acids is 1. The SMILES string of the molecule is N[C@@H](Cc1ccc(Oc2ccc(O)cc2)cc1)C(=O)N[C@@H](Cc1ccc(O)cc1)C(=O)O. The van der Waals surface area contributed by atoms with E-state index < -0.39 is 24.0 Å². The predicted octanol–water partition coefficient (Wildman–Crippen LogP) is 2.57. The molecule has 8 heteroatoms. The van der Waals surface area contributed by atoms with E-state index in [4.69, 9.17) is 10.5 Å². The van der Waals surface area contributed by atoms with Crippen molar-refractivity contribution in [1.29, 1.82) is 0 Å². The lowest BCUT2D eigenvalue weighted by atomic mass is 10.0. The lowest BCUT2D eigenvalue weighted by Gasteiger charge is -2.18. The summed E-state index contributed by atoms with van der Waals surface area (Å²) in [5, 5.41) is 30.6. The number of nitrogens with one attached hydrogen (secondary N) is 1. The van der Waals surface area contributed by atoms with Crippen LogP contribution in [0.15, 0.2) is 72.8 Å². The van der Waals surface area contributed by atoms with Gasteiger partial charge in [-0.15, -0.1) is 0 Å². The van der Waals surface area contributed by atoms with Crippen LogP contribution in [0.25, 0.3) is 0 Å². The first kappa shape index (κ1) is 22.6. The molecule has 0 unspecified atom stereocenters. The number of rotatable bonds is 9. The molecule has 0 spiro atoms. The van der Waals surface area contributed by atoms with Crippen LogP contribution in [0, 0.1) is 0 Å². The van der Waals surface area contributed by atoms with Crippen LogP contribution >= 0.6 is 0 Å². The minimum atomic E-state index is -1.17.